The Morgan fingerprint density at radius 3 is 2.28 bits per heavy atom. The van der Waals surface area contributed by atoms with Crippen LogP contribution in [-0.2, 0) is 5.41 Å². The molecule has 0 aliphatic carbocycles. The number of hydrogen-bond donors (Lipinski definition) is 0. The Morgan fingerprint density at radius 2 is 1.72 bits per heavy atom. The van der Waals surface area contributed by atoms with Gasteiger partial charge in [-0.1, -0.05) is 20.8 Å². The molecule has 0 aliphatic heterocycles. The van der Waals surface area contributed by atoms with Gasteiger partial charge in [-0.3, -0.25) is 0 Å². The Morgan fingerprint density at radius 1 is 1.06 bits per heavy atom. The highest BCUT2D eigenvalue weighted by Crippen LogP contribution is 2.32. The standard InChI is InChI=1S/C13H12F3NS/c1-13(2,3)9-6-18-12(17-9)7-4-5-8(14)11(16)10(7)15/h4-6H,1-3H3. The van der Waals surface area contributed by atoms with Crippen LogP contribution in [-0.4, -0.2) is 4.98 Å². The predicted molar refractivity (Wildman–Crippen MR) is 66.1 cm³/mol. The maximum Gasteiger partial charge on any atom is 0.195 e. The largest absolute Gasteiger partial charge is 0.240 e. The topological polar surface area (TPSA) is 12.9 Å². The van der Waals surface area contributed by atoms with Crippen molar-refractivity contribution in [2.24, 2.45) is 0 Å². The minimum absolute atomic E-state index is 0.00519. The van der Waals surface area contributed by atoms with Crippen LogP contribution in [0.4, 0.5) is 13.2 Å². The van der Waals surface area contributed by atoms with Crippen molar-refractivity contribution < 1.29 is 13.2 Å². The molecule has 1 aromatic carbocycles. The van der Waals surface area contributed by atoms with E-state index in [9.17, 15) is 13.2 Å². The van der Waals surface area contributed by atoms with Gasteiger partial charge in [-0.15, -0.1) is 11.3 Å². The number of rotatable bonds is 1. The molecule has 5 heteroatoms. The smallest absolute Gasteiger partial charge is 0.195 e. The van der Waals surface area contributed by atoms with Gasteiger partial charge in [-0.25, -0.2) is 18.2 Å². The van der Waals surface area contributed by atoms with Gasteiger partial charge in [0.05, 0.1) is 5.69 Å². The van der Waals surface area contributed by atoms with Crippen LogP contribution in [0.25, 0.3) is 10.6 Å². The van der Waals surface area contributed by atoms with E-state index in [2.05, 4.69) is 4.98 Å². The van der Waals surface area contributed by atoms with Crippen LogP contribution < -0.4 is 0 Å². The van der Waals surface area contributed by atoms with Gasteiger partial charge in [0, 0.05) is 16.4 Å². The highest BCUT2D eigenvalue weighted by molar-refractivity contribution is 7.13. The maximum atomic E-state index is 13.6. The zero-order valence-electron chi connectivity index (χ0n) is 10.2. The van der Waals surface area contributed by atoms with Crippen LogP contribution in [0.3, 0.4) is 0 Å². The fourth-order valence-electron chi connectivity index (χ4n) is 1.43. The molecule has 1 nitrogen and oxygen atoms in total. The second kappa shape index (κ2) is 4.39. The molecule has 0 N–H and O–H groups in total. The van der Waals surface area contributed by atoms with Crippen LogP contribution in [0.2, 0.25) is 0 Å². The molecule has 0 atom stereocenters. The van der Waals surface area contributed by atoms with E-state index in [-0.39, 0.29) is 11.0 Å². The molecule has 2 aromatic rings. The Kier molecular flexibility index (Phi) is 3.19. The van der Waals surface area contributed by atoms with Gasteiger partial charge in [-0.2, -0.15) is 0 Å². The lowest BCUT2D eigenvalue weighted by Crippen LogP contribution is -2.11. The van der Waals surface area contributed by atoms with E-state index in [1.54, 1.807) is 5.38 Å². The van der Waals surface area contributed by atoms with Crippen molar-refractivity contribution in [2.75, 3.05) is 0 Å². The summed E-state index contributed by atoms with van der Waals surface area (Å²) in [5, 5.41) is 2.16. The van der Waals surface area contributed by atoms with Gasteiger partial charge < -0.3 is 0 Å². The predicted octanol–water partition coefficient (Wildman–Crippen LogP) is 4.52. The lowest BCUT2D eigenvalue weighted by atomic mass is 9.93. The van der Waals surface area contributed by atoms with Gasteiger partial charge in [-0.05, 0) is 12.1 Å². The molecule has 0 fully saturated rings. The summed E-state index contributed by atoms with van der Waals surface area (Å²) in [4.78, 5) is 4.27. The molecule has 0 bridgehead atoms. The van der Waals surface area contributed by atoms with Crippen molar-refractivity contribution in [1.29, 1.82) is 0 Å². The summed E-state index contributed by atoms with van der Waals surface area (Å²) in [6.45, 7) is 5.94. The molecule has 0 saturated heterocycles. The molecule has 0 amide bonds. The second-order valence-corrected chi connectivity index (χ2v) is 5.87. The number of nitrogens with zero attached hydrogens (tertiary/aromatic N) is 1. The molecule has 18 heavy (non-hydrogen) atoms. The minimum Gasteiger partial charge on any atom is -0.240 e. The molecule has 1 aromatic heterocycles. The quantitative estimate of drug-likeness (QED) is 0.695. The first-order valence-electron chi connectivity index (χ1n) is 5.40. The molecule has 0 unspecified atom stereocenters. The van der Waals surface area contributed by atoms with E-state index in [1.165, 1.54) is 17.4 Å². The average molecular weight is 271 g/mol. The van der Waals surface area contributed by atoms with Crippen LogP contribution >= 0.6 is 11.3 Å². The molecule has 0 radical (unpaired) electrons. The Hall–Kier alpha value is -1.36. The molecule has 0 aliphatic rings. The summed E-state index contributed by atoms with van der Waals surface area (Å²) in [5.41, 5.74) is 0.630. The summed E-state index contributed by atoms with van der Waals surface area (Å²) >= 11 is 1.22. The molecule has 96 valence electrons. The highest BCUT2D eigenvalue weighted by atomic mass is 32.1. The number of halogens is 3. The van der Waals surface area contributed by atoms with Crippen molar-refractivity contribution in [2.45, 2.75) is 26.2 Å². The third-order valence-corrected chi connectivity index (χ3v) is 3.41. The first kappa shape index (κ1) is 13.1. The minimum atomic E-state index is -1.46. The SMILES string of the molecule is CC(C)(C)c1csc(-c2ccc(F)c(F)c2F)n1. The zero-order chi connectivity index (χ0) is 13.5. The van der Waals surface area contributed by atoms with Crippen molar-refractivity contribution in [3.05, 3.63) is 40.7 Å². The lowest BCUT2D eigenvalue weighted by Gasteiger charge is -2.14. The van der Waals surface area contributed by atoms with Crippen molar-refractivity contribution >= 4 is 11.3 Å². The summed E-state index contributed by atoms with van der Waals surface area (Å²) in [7, 11) is 0. The number of benzene rings is 1. The third-order valence-electron chi connectivity index (χ3n) is 2.54. The first-order valence-corrected chi connectivity index (χ1v) is 6.28. The number of thiazole rings is 1. The van der Waals surface area contributed by atoms with E-state index in [0.717, 1.165) is 11.8 Å². The van der Waals surface area contributed by atoms with Crippen LogP contribution in [0.1, 0.15) is 26.5 Å². The highest BCUT2D eigenvalue weighted by Gasteiger charge is 2.21. The zero-order valence-corrected chi connectivity index (χ0v) is 11.0. The van der Waals surface area contributed by atoms with Crippen molar-refractivity contribution in [3.8, 4) is 10.6 Å². The van der Waals surface area contributed by atoms with Gasteiger partial charge in [0.2, 0.25) is 0 Å². The Bertz CT molecular complexity index is 584. The van der Waals surface area contributed by atoms with E-state index >= 15 is 0 Å². The first-order chi connectivity index (χ1) is 8.30. The van der Waals surface area contributed by atoms with Crippen LogP contribution in [0.5, 0.6) is 0 Å². The molecular weight excluding hydrogens is 259 g/mol. The van der Waals surface area contributed by atoms with Crippen molar-refractivity contribution in [3.63, 3.8) is 0 Å². The lowest BCUT2D eigenvalue weighted by molar-refractivity contribution is 0.449. The van der Waals surface area contributed by atoms with Gasteiger partial charge in [0.25, 0.3) is 0 Å². The summed E-state index contributed by atoms with van der Waals surface area (Å²) in [5.74, 6) is -3.84. The summed E-state index contributed by atoms with van der Waals surface area (Å²) < 4.78 is 39.6. The second-order valence-electron chi connectivity index (χ2n) is 5.01. The Balaban J connectivity index is 2.50. The fraction of sp³-hybridized carbons (Fsp3) is 0.308. The van der Waals surface area contributed by atoms with Gasteiger partial charge >= 0.3 is 0 Å². The number of hydrogen-bond acceptors (Lipinski definition) is 2. The maximum absolute atomic E-state index is 13.6. The molecule has 0 spiro atoms. The van der Waals surface area contributed by atoms with E-state index in [0.29, 0.717) is 5.01 Å². The van der Waals surface area contributed by atoms with Gasteiger partial charge in [0.1, 0.15) is 5.01 Å². The fourth-order valence-corrected chi connectivity index (χ4v) is 2.50. The molecular formula is C13H12F3NS. The molecule has 1 heterocycles. The van der Waals surface area contributed by atoms with Crippen LogP contribution in [0.15, 0.2) is 17.5 Å². The van der Waals surface area contributed by atoms with Gasteiger partial charge in [0.15, 0.2) is 17.5 Å². The molecule has 2 rings (SSSR count). The third kappa shape index (κ3) is 2.27. The monoisotopic (exact) mass is 271 g/mol. The summed E-state index contributed by atoms with van der Waals surface area (Å²) in [6.07, 6.45) is 0. The van der Waals surface area contributed by atoms with E-state index < -0.39 is 17.5 Å². The normalized spacial score (nSPS) is 11.9. The summed E-state index contributed by atoms with van der Waals surface area (Å²) in [6, 6.07) is 2.12. The van der Waals surface area contributed by atoms with E-state index in [1.807, 2.05) is 20.8 Å². The van der Waals surface area contributed by atoms with Crippen molar-refractivity contribution in [1.82, 2.24) is 4.98 Å². The molecule has 0 saturated carbocycles. The van der Waals surface area contributed by atoms with Crippen LogP contribution in [0, 0.1) is 17.5 Å². The van der Waals surface area contributed by atoms with E-state index in [4.69, 9.17) is 0 Å². The number of aromatic nitrogens is 1. The Labute approximate surface area is 107 Å². The average Bonchev–Trinajstić information content (AvgIpc) is 2.75.